The second-order valence-corrected chi connectivity index (χ2v) is 7.14. The molecule has 0 unspecified atom stereocenters. The van der Waals surface area contributed by atoms with Gasteiger partial charge in [-0.2, -0.15) is 9.78 Å². The summed E-state index contributed by atoms with van der Waals surface area (Å²) < 4.78 is 6.66. The first-order chi connectivity index (χ1) is 15.4. The summed E-state index contributed by atoms with van der Waals surface area (Å²) in [5.74, 6) is -0.755. The Morgan fingerprint density at radius 2 is 1.91 bits per heavy atom. The van der Waals surface area contributed by atoms with Crippen molar-refractivity contribution < 1.29 is 14.3 Å². The highest BCUT2D eigenvalue weighted by Gasteiger charge is 2.25. The van der Waals surface area contributed by atoms with Crippen molar-refractivity contribution in [2.75, 3.05) is 5.73 Å². The number of nitrogens with two attached hydrogens (primary N) is 1. The Labute approximate surface area is 187 Å². The SMILES string of the molecule is Nc1nonc1-n1nnc(C(=O)N/N=C/c2ccc(Br)cc2)c1-c1ccc([N+](=O)[O-])cc1. The predicted molar refractivity (Wildman–Crippen MR) is 115 cm³/mol. The second-order valence-electron chi connectivity index (χ2n) is 6.23. The highest BCUT2D eigenvalue weighted by atomic mass is 79.9. The Balaban J connectivity index is 1.69. The quantitative estimate of drug-likeness (QED) is 0.229. The molecule has 0 fully saturated rings. The molecule has 2 aromatic carbocycles. The average molecular weight is 498 g/mol. The number of nitro groups is 1. The normalized spacial score (nSPS) is 11.0. The molecule has 32 heavy (non-hydrogen) atoms. The molecular weight excluding hydrogens is 486 g/mol. The van der Waals surface area contributed by atoms with Crippen LogP contribution in [0.5, 0.6) is 0 Å². The maximum atomic E-state index is 12.8. The van der Waals surface area contributed by atoms with Crippen LogP contribution in [0.25, 0.3) is 17.1 Å². The van der Waals surface area contributed by atoms with Gasteiger partial charge in [-0.05, 0) is 40.1 Å². The van der Waals surface area contributed by atoms with Crippen LogP contribution in [0, 0.1) is 10.1 Å². The number of benzene rings is 2. The molecule has 4 aromatic rings. The minimum absolute atomic E-state index is 0.00302. The fourth-order valence-electron chi connectivity index (χ4n) is 2.69. The van der Waals surface area contributed by atoms with Crippen molar-refractivity contribution in [2.24, 2.45) is 5.10 Å². The largest absolute Gasteiger partial charge is 0.378 e. The molecule has 0 spiro atoms. The molecule has 0 saturated carbocycles. The van der Waals surface area contributed by atoms with E-state index >= 15 is 0 Å². The van der Waals surface area contributed by atoms with Crippen molar-refractivity contribution in [3.63, 3.8) is 0 Å². The van der Waals surface area contributed by atoms with Crippen molar-refractivity contribution in [1.82, 2.24) is 30.7 Å². The van der Waals surface area contributed by atoms with Crippen LogP contribution in [0.2, 0.25) is 0 Å². The summed E-state index contributed by atoms with van der Waals surface area (Å²) in [5.41, 5.74) is 9.21. The molecule has 0 aliphatic heterocycles. The number of nitrogens with zero attached hydrogens (tertiary/aromatic N) is 7. The monoisotopic (exact) mass is 497 g/mol. The summed E-state index contributed by atoms with van der Waals surface area (Å²) in [5, 5.41) is 29.9. The third-order valence-electron chi connectivity index (χ3n) is 4.18. The van der Waals surface area contributed by atoms with E-state index in [-0.39, 0.29) is 28.7 Å². The molecule has 13 nitrogen and oxygen atoms in total. The van der Waals surface area contributed by atoms with Gasteiger partial charge in [-0.25, -0.2) is 10.1 Å². The zero-order chi connectivity index (χ0) is 22.7. The van der Waals surface area contributed by atoms with Gasteiger partial charge < -0.3 is 5.73 Å². The summed E-state index contributed by atoms with van der Waals surface area (Å²) in [6, 6.07) is 12.7. The number of aromatic nitrogens is 5. The topological polar surface area (TPSA) is 180 Å². The first-order valence-corrected chi connectivity index (χ1v) is 9.61. The lowest BCUT2D eigenvalue weighted by atomic mass is 10.1. The van der Waals surface area contributed by atoms with Crippen LogP contribution >= 0.6 is 15.9 Å². The molecule has 4 rings (SSSR count). The third kappa shape index (κ3) is 4.20. The van der Waals surface area contributed by atoms with Crippen molar-refractivity contribution in [3.8, 4) is 17.1 Å². The van der Waals surface area contributed by atoms with Gasteiger partial charge in [0.1, 0.15) is 5.69 Å². The molecule has 1 amide bonds. The highest BCUT2D eigenvalue weighted by Crippen LogP contribution is 2.28. The minimum atomic E-state index is -0.673. The van der Waals surface area contributed by atoms with E-state index in [1.807, 2.05) is 12.1 Å². The molecule has 0 aliphatic carbocycles. The number of nitro benzene ring substituents is 1. The maximum absolute atomic E-state index is 12.8. The Hall–Kier alpha value is -4.46. The Bertz CT molecular complexity index is 1310. The molecular formula is C18H12BrN9O4. The van der Waals surface area contributed by atoms with Gasteiger partial charge in [-0.15, -0.1) is 5.10 Å². The van der Waals surface area contributed by atoms with Gasteiger partial charge in [0, 0.05) is 22.2 Å². The van der Waals surface area contributed by atoms with E-state index in [2.05, 4.69) is 51.7 Å². The Morgan fingerprint density at radius 1 is 1.19 bits per heavy atom. The van der Waals surface area contributed by atoms with Crippen molar-refractivity contribution in [3.05, 3.63) is 74.4 Å². The fraction of sp³-hybridized carbons (Fsp3) is 0. The zero-order valence-corrected chi connectivity index (χ0v) is 17.5. The lowest BCUT2D eigenvalue weighted by Gasteiger charge is -2.05. The molecule has 160 valence electrons. The summed E-state index contributed by atoms with van der Waals surface area (Å²) in [6.07, 6.45) is 1.46. The van der Waals surface area contributed by atoms with E-state index in [1.54, 1.807) is 12.1 Å². The number of amides is 1. The lowest BCUT2D eigenvalue weighted by Crippen LogP contribution is -2.19. The second kappa shape index (κ2) is 8.73. The standard InChI is InChI=1S/C18H12BrN9O4/c19-12-5-1-10(2-6-12)9-21-23-18(29)14-15(11-3-7-13(8-4-11)28(30)31)27(26-22-14)17-16(20)24-32-25-17/h1-9H,(H2,20,24)(H,23,29)/b21-9+. The molecule has 2 heterocycles. The molecule has 3 N–H and O–H groups in total. The Morgan fingerprint density at radius 3 is 2.53 bits per heavy atom. The van der Waals surface area contributed by atoms with Crippen LogP contribution in [0.1, 0.15) is 16.1 Å². The summed E-state index contributed by atoms with van der Waals surface area (Å²) in [4.78, 5) is 23.2. The minimum Gasteiger partial charge on any atom is -0.378 e. The number of rotatable bonds is 6. The van der Waals surface area contributed by atoms with Crippen molar-refractivity contribution in [1.29, 1.82) is 0 Å². The van der Waals surface area contributed by atoms with E-state index in [4.69, 9.17) is 5.73 Å². The molecule has 0 radical (unpaired) electrons. The van der Waals surface area contributed by atoms with E-state index in [1.165, 1.54) is 30.5 Å². The molecule has 0 atom stereocenters. The molecule has 0 aliphatic rings. The van der Waals surface area contributed by atoms with Crippen LogP contribution in [-0.4, -0.2) is 42.4 Å². The highest BCUT2D eigenvalue weighted by molar-refractivity contribution is 9.10. The van der Waals surface area contributed by atoms with E-state index < -0.39 is 10.8 Å². The molecule has 2 aromatic heterocycles. The number of halogens is 1. The molecule has 0 saturated heterocycles. The van der Waals surface area contributed by atoms with Gasteiger partial charge in [0.2, 0.25) is 11.6 Å². The van der Waals surface area contributed by atoms with Gasteiger partial charge in [-0.1, -0.05) is 33.3 Å². The molecule has 14 heteroatoms. The van der Waals surface area contributed by atoms with Crippen LogP contribution < -0.4 is 11.2 Å². The lowest BCUT2D eigenvalue weighted by molar-refractivity contribution is -0.384. The van der Waals surface area contributed by atoms with Gasteiger partial charge in [0.05, 0.1) is 11.1 Å². The predicted octanol–water partition coefficient (Wildman–Crippen LogP) is 2.33. The number of nitrogens with one attached hydrogen (secondary N) is 1. The molecule has 0 bridgehead atoms. The first kappa shape index (κ1) is 20.8. The van der Waals surface area contributed by atoms with E-state index in [0.29, 0.717) is 5.56 Å². The maximum Gasteiger partial charge on any atom is 0.294 e. The van der Waals surface area contributed by atoms with Gasteiger partial charge in [0.25, 0.3) is 11.6 Å². The van der Waals surface area contributed by atoms with Crippen molar-refractivity contribution >= 4 is 39.6 Å². The number of hydrogen-bond donors (Lipinski definition) is 2. The third-order valence-corrected chi connectivity index (χ3v) is 4.71. The smallest absolute Gasteiger partial charge is 0.294 e. The number of carbonyl (C=O) groups excluding carboxylic acids is 1. The Kier molecular flexibility index (Phi) is 5.67. The number of hydrazone groups is 1. The fourth-order valence-corrected chi connectivity index (χ4v) is 2.95. The van der Waals surface area contributed by atoms with E-state index in [9.17, 15) is 14.9 Å². The number of hydrogen-bond acceptors (Lipinski definition) is 10. The zero-order valence-electron chi connectivity index (χ0n) is 15.9. The summed E-state index contributed by atoms with van der Waals surface area (Å²) >= 11 is 3.34. The van der Waals surface area contributed by atoms with Gasteiger partial charge >= 0.3 is 0 Å². The van der Waals surface area contributed by atoms with Crippen molar-refractivity contribution in [2.45, 2.75) is 0 Å². The number of anilines is 1. The van der Waals surface area contributed by atoms with Gasteiger partial charge in [0.15, 0.2) is 5.69 Å². The average Bonchev–Trinajstić information content (AvgIpc) is 3.41. The number of nitrogen functional groups attached to an aromatic ring is 1. The van der Waals surface area contributed by atoms with Crippen LogP contribution in [-0.2, 0) is 0 Å². The van der Waals surface area contributed by atoms with Crippen LogP contribution in [0.15, 0.2) is 62.7 Å². The van der Waals surface area contributed by atoms with Crippen LogP contribution in [0.3, 0.4) is 0 Å². The number of non-ortho nitro benzene ring substituents is 1. The summed E-state index contributed by atoms with van der Waals surface area (Å²) in [6.45, 7) is 0. The first-order valence-electron chi connectivity index (χ1n) is 8.82. The number of carbonyl (C=O) groups is 1. The summed E-state index contributed by atoms with van der Waals surface area (Å²) in [7, 11) is 0. The van der Waals surface area contributed by atoms with Crippen LogP contribution in [0.4, 0.5) is 11.5 Å². The van der Waals surface area contributed by atoms with Gasteiger partial charge in [-0.3, -0.25) is 14.9 Å². The van der Waals surface area contributed by atoms with E-state index in [0.717, 1.165) is 14.7 Å².